The van der Waals surface area contributed by atoms with Gasteiger partial charge in [0, 0.05) is 23.2 Å². The lowest BCUT2D eigenvalue weighted by molar-refractivity contribution is 0.397. The van der Waals surface area contributed by atoms with Crippen molar-refractivity contribution in [2.24, 2.45) is 0 Å². The number of aryl methyl sites for hydroxylation is 1. The van der Waals surface area contributed by atoms with E-state index in [1.54, 1.807) is 0 Å². The van der Waals surface area contributed by atoms with Gasteiger partial charge in [0.15, 0.2) is 11.6 Å². The minimum atomic E-state index is 0.709. The van der Waals surface area contributed by atoms with Crippen LogP contribution in [0.5, 0.6) is 0 Å². The van der Waals surface area contributed by atoms with Gasteiger partial charge in [-0.2, -0.15) is 0 Å². The topological polar surface area (TPSA) is 72.9 Å². The molecule has 7 nitrogen and oxygen atoms in total. The van der Waals surface area contributed by atoms with Crippen LogP contribution in [-0.2, 0) is 13.1 Å². The van der Waals surface area contributed by atoms with E-state index in [-0.39, 0.29) is 0 Å². The molecule has 7 heteroatoms. The summed E-state index contributed by atoms with van der Waals surface area (Å²) in [6.45, 7) is 3.43. The van der Waals surface area contributed by atoms with Crippen LogP contribution >= 0.6 is 0 Å². The molecule has 0 N–H and O–H groups in total. The predicted octanol–water partition coefficient (Wildman–Crippen LogP) is 5.06. The summed E-state index contributed by atoms with van der Waals surface area (Å²) < 4.78 is 7.73. The van der Waals surface area contributed by atoms with Gasteiger partial charge in [0.2, 0.25) is 0 Å². The van der Waals surface area contributed by atoms with E-state index < -0.39 is 0 Å². The van der Waals surface area contributed by atoms with E-state index in [2.05, 4.69) is 75.3 Å². The van der Waals surface area contributed by atoms with Crippen molar-refractivity contribution in [1.29, 1.82) is 0 Å². The van der Waals surface area contributed by atoms with E-state index in [1.807, 2.05) is 37.3 Å². The van der Waals surface area contributed by atoms with Crippen LogP contribution in [0.25, 0.3) is 45.3 Å². The van der Waals surface area contributed by atoms with Crippen LogP contribution in [0.2, 0.25) is 0 Å². The molecule has 0 aliphatic carbocycles. The van der Waals surface area contributed by atoms with Crippen LogP contribution in [0.3, 0.4) is 0 Å². The molecule has 0 unspecified atom stereocenters. The summed E-state index contributed by atoms with van der Waals surface area (Å²) >= 11 is 0. The zero-order chi connectivity index (χ0) is 23.2. The lowest BCUT2D eigenvalue weighted by atomic mass is 10.0. The highest BCUT2D eigenvalue weighted by Crippen LogP contribution is 2.40. The Hall–Kier alpha value is -4.10. The Balaban J connectivity index is 1.41. The van der Waals surface area contributed by atoms with Crippen LogP contribution < -0.4 is 0 Å². The standard InChI is InChI=1S/C27H24N6O/c1-17-24(25(31-34-17)18-8-5-4-6-9-18)27-30-29-26-22-14-19(12-13-20(22)15-33(26)27)23-11-7-10-21(28-23)16-32(2)3/h4-14H,15-16H2,1-3H3. The highest BCUT2D eigenvalue weighted by molar-refractivity contribution is 5.81. The van der Waals surface area contributed by atoms with Gasteiger partial charge in [0.25, 0.3) is 0 Å². The van der Waals surface area contributed by atoms with E-state index in [1.165, 1.54) is 5.56 Å². The monoisotopic (exact) mass is 448 g/mol. The molecule has 3 aromatic heterocycles. The molecule has 6 rings (SSSR count). The molecule has 34 heavy (non-hydrogen) atoms. The summed E-state index contributed by atoms with van der Waals surface area (Å²) in [5.74, 6) is 2.36. The van der Waals surface area contributed by atoms with Gasteiger partial charge in [-0.3, -0.25) is 4.98 Å². The van der Waals surface area contributed by atoms with Gasteiger partial charge in [-0.25, -0.2) is 0 Å². The Morgan fingerprint density at radius 1 is 0.912 bits per heavy atom. The summed E-state index contributed by atoms with van der Waals surface area (Å²) in [6.07, 6.45) is 0. The minimum Gasteiger partial charge on any atom is -0.360 e. The molecule has 1 aliphatic rings. The van der Waals surface area contributed by atoms with E-state index >= 15 is 0 Å². The number of benzene rings is 2. The molecule has 1 aliphatic heterocycles. The number of hydrogen-bond acceptors (Lipinski definition) is 6. The molecule has 5 aromatic rings. The number of rotatable bonds is 5. The van der Waals surface area contributed by atoms with Crippen LogP contribution in [-0.4, -0.2) is 43.9 Å². The van der Waals surface area contributed by atoms with Gasteiger partial charge >= 0.3 is 0 Å². The Labute approximate surface area is 197 Å². The molecule has 4 heterocycles. The van der Waals surface area contributed by atoms with Gasteiger partial charge in [-0.15, -0.1) is 10.2 Å². The van der Waals surface area contributed by atoms with Crippen molar-refractivity contribution in [3.05, 3.63) is 83.7 Å². The number of nitrogens with zero attached hydrogens (tertiary/aromatic N) is 6. The fourth-order valence-electron chi connectivity index (χ4n) is 4.57. The summed E-state index contributed by atoms with van der Waals surface area (Å²) in [6, 6.07) is 22.7. The van der Waals surface area contributed by atoms with Crippen LogP contribution in [0.15, 0.2) is 71.3 Å². The average molecular weight is 449 g/mol. The molecule has 0 saturated heterocycles. The molecule has 0 saturated carbocycles. The summed E-state index contributed by atoms with van der Waals surface area (Å²) in [7, 11) is 4.10. The largest absolute Gasteiger partial charge is 0.360 e. The van der Waals surface area contributed by atoms with Crippen molar-refractivity contribution in [3.63, 3.8) is 0 Å². The quantitative estimate of drug-likeness (QED) is 0.367. The Morgan fingerprint density at radius 2 is 1.74 bits per heavy atom. The highest BCUT2D eigenvalue weighted by atomic mass is 16.5. The highest BCUT2D eigenvalue weighted by Gasteiger charge is 2.29. The summed E-state index contributed by atoms with van der Waals surface area (Å²) in [5, 5.41) is 13.5. The van der Waals surface area contributed by atoms with E-state index in [4.69, 9.17) is 9.51 Å². The average Bonchev–Trinajstić information content (AvgIpc) is 3.52. The van der Waals surface area contributed by atoms with Gasteiger partial charge < -0.3 is 14.0 Å². The maximum atomic E-state index is 5.58. The lowest BCUT2D eigenvalue weighted by Crippen LogP contribution is -2.11. The van der Waals surface area contributed by atoms with Crippen molar-refractivity contribution in [1.82, 2.24) is 29.8 Å². The molecule has 0 radical (unpaired) electrons. The van der Waals surface area contributed by atoms with E-state index in [0.717, 1.165) is 63.3 Å². The normalized spacial score (nSPS) is 12.2. The van der Waals surface area contributed by atoms with Crippen LogP contribution in [0.4, 0.5) is 0 Å². The Bertz CT molecular complexity index is 1500. The first-order valence-electron chi connectivity index (χ1n) is 11.3. The van der Waals surface area contributed by atoms with Gasteiger partial charge in [0.1, 0.15) is 11.5 Å². The fraction of sp³-hybridized carbons (Fsp3) is 0.185. The minimum absolute atomic E-state index is 0.709. The second-order valence-electron chi connectivity index (χ2n) is 8.89. The third kappa shape index (κ3) is 3.41. The molecule has 168 valence electrons. The lowest BCUT2D eigenvalue weighted by Gasteiger charge is -2.10. The zero-order valence-corrected chi connectivity index (χ0v) is 19.4. The maximum absolute atomic E-state index is 5.58. The second-order valence-corrected chi connectivity index (χ2v) is 8.89. The summed E-state index contributed by atoms with van der Waals surface area (Å²) in [4.78, 5) is 6.98. The van der Waals surface area contributed by atoms with Crippen molar-refractivity contribution < 1.29 is 4.52 Å². The molecule has 0 spiro atoms. The van der Waals surface area contributed by atoms with Gasteiger partial charge in [-0.05, 0) is 44.8 Å². The Kier molecular flexibility index (Phi) is 4.85. The van der Waals surface area contributed by atoms with Crippen molar-refractivity contribution in [2.75, 3.05) is 14.1 Å². The number of fused-ring (bicyclic) bond motifs is 3. The van der Waals surface area contributed by atoms with Crippen molar-refractivity contribution in [2.45, 2.75) is 20.0 Å². The van der Waals surface area contributed by atoms with Gasteiger partial charge in [-0.1, -0.05) is 53.7 Å². The third-order valence-electron chi connectivity index (χ3n) is 6.14. The van der Waals surface area contributed by atoms with E-state index in [9.17, 15) is 0 Å². The fourth-order valence-corrected chi connectivity index (χ4v) is 4.57. The number of aromatic nitrogens is 5. The van der Waals surface area contributed by atoms with Crippen LogP contribution in [0.1, 0.15) is 17.0 Å². The SMILES string of the molecule is Cc1onc(-c2ccccc2)c1-c1nnc2n1Cc1ccc(-c3cccc(CN(C)C)n3)cc1-2. The van der Waals surface area contributed by atoms with Crippen LogP contribution in [0, 0.1) is 6.92 Å². The third-order valence-corrected chi connectivity index (χ3v) is 6.14. The first-order valence-corrected chi connectivity index (χ1v) is 11.3. The molecule has 2 aromatic carbocycles. The Morgan fingerprint density at radius 3 is 2.56 bits per heavy atom. The molecular weight excluding hydrogens is 424 g/mol. The van der Waals surface area contributed by atoms with E-state index in [0.29, 0.717) is 6.54 Å². The molecule has 0 fully saturated rings. The summed E-state index contributed by atoms with van der Waals surface area (Å²) in [5.41, 5.74) is 8.05. The molecule has 0 atom stereocenters. The molecular formula is C27H24N6O. The van der Waals surface area contributed by atoms with Crippen molar-refractivity contribution in [3.8, 4) is 45.3 Å². The molecule has 0 amide bonds. The smallest absolute Gasteiger partial charge is 0.170 e. The number of hydrogen-bond donors (Lipinski definition) is 0. The first kappa shape index (κ1) is 20.5. The van der Waals surface area contributed by atoms with Gasteiger partial charge in [0.05, 0.1) is 23.5 Å². The van der Waals surface area contributed by atoms with Crippen molar-refractivity contribution >= 4 is 0 Å². The number of pyridine rings is 1. The first-order chi connectivity index (χ1) is 16.6. The zero-order valence-electron chi connectivity index (χ0n) is 19.4. The maximum Gasteiger partial charge on any atom is 0.170 e. The molecule has 0 bridgehead atoms. The predicted molar refractivity (Wildman–Crippen MR) is 131 cm³/mol. The second kappa shape index (κ2) is 8.04.